The first-order valence-corrected chi connectivity index (χ1v) is 8.07. The van der Waals surface area contributed by atoms with E-state index in [0.29, 0.717) is 12.1 Å². The van der Waals surface area contributed by atoms with E-state index in [9.17, 15) is 0 Å². The Morgan fingerprint density at radius 2 is 1.83 bits per heavy atom. The van der Waals surface area contributed by atoms with Crippen LogP contribution in [0, 0.1) is 17.8 Å². The van der Waals surface area contributed by atoms with Crippen LogP contribution in [0.3, 0.4) is 0 Å². The quantitative estimate of drug-likeness (QED) is 0.728. The molecule has 1 rings (SSSR count). The second kappa shape index (κ2) is 8.16. The van der Waals surface area contributed by atoms with Crippen LogP contribution in [0.15, 0.2) is 0 Å². The van der Waals surface area contributed by atoms with Crippen molar-refractivity contribution < 1.29 is 0 Å². The van der Waals surface area contributed by atoms with E-state index in [1.54, 1.807) is 0 Å². The topological polar surface area (TPSA) is 52.0 Å². The van der Waals surface area contributed by atoms with Crippen molar-refractivity contribution >= 4 is 0 Å². The standard InChI is InChI=1S/C16H34N2/c1-4-13(6-8-15(17)5-2)11-14-7-9-16(18)12(3)10-14/h12-16H,4-11,17-18H2,1-3H3. The molecule has 4 N–H and O–H groups in total. The van der Waals surface area contributed by atoms with Crippen molar-refractivity contribution in [2.45, 2.75) is 84.2 Å². The van der Waals surface area contributed by atoms with Crippen molar-refractivity contribution in [3.8, 4) is 0 Å². The fourth-order valence-electron chi connectivity index (χ4n) is 3.36. The Balaban J connectivity index is 2.29. The summed E-state index contributed by atoms with van der Waals surface area (Å²) < 4.78 is 0. The molecule has 0 amide bonds. The molecule has 1 aliphatic rings. The van der Waals surface area contributed by atoms with Crippen LogP contribution in [0.4, 0.5) is 0 Å². The van der Waals surface area contributed by atoms with Gasteiger partial charge in [0.1, 0.15) is 0 Å². The van der Waals surface area contributed by atoms with E-state index in [1.165, 1.54) is 44.9 Å². The normalized spacial score (nSPS) is 32.2. The molecule has 0 aromatic heterocycles. The van der Waals surface area contributed by atoms with Gasteiger partial charge < -0.3 is 11.5 Å². The first-order valence-electron chi connectivity index (χ1n) is 8.07. The molecule has 0 saturated heterocycles. The van der Waals surface area contributed by atoms with Crippen LogP contribution < -0.4 is 11.5 Å². The largest absolute Gasteiger partial charge is 0.328 e. The Bertz CT molecular complexity index is 217. The van der Waals surface area contributed by atoms with Crippen molar-refractivity contribution in [2.24, 2.45) is 29.2 Å². The predicted octanol–water partition coefficient (Wildman–Crippen LogP) is 3.68. The minimum absolute atomic E-state index is 0.415. The molecule has 1 saturated carbocycles. The lowest BCUT2D eigenvalue weighted by Crippen LogP contribution is -2.35. The van der Waals surface area contributed by atoms with E-state index in [1.807, 2.05) is 0 Å². The van der Waals surface area contributed by atoms with Gasteiger partial charge >= 0.3 is 0 Å². The molecule has 1 fully saturated rings. The highest BCUT2D eigenvalue weighted by atomic mass is 14.7. The molecular formula is C16H34N2. The Kier molecular flexibility index (Phi) is 7.25. The summed E-state index contributed by atoms with van der Waals surface area (Å²) in [7, 11) is 0. The summed E-state index contributed by atoms with van der Waals surface area (Å²) in [5.74, 6) is 2.52. The Morgan fingerprint density at radius 3 is 2.39 bits per heavy atom. The van der Waals surface area contributed by atoms with Crippen molar-refractivity contribution in [1.29, 1.82) is 0 Å². The third-order valence-electron chi connectivity index (χ3n) is 5.06. The molecule has 108 valence electrons. The van der Waals surface area contributed by atoms with Gasteiger partial charge in [0, 0.05) is 12.1 Å². The van der Waals surface area contributed by atoms with Gasteiger partial charge in [0.15, 0.2) is 0 Å². The van der Waals surface area contributed by atoms with Crippen LogP contribution >= 0.6 is 0 Å². The smallest absolute Gasteiger partial charge is 0.00647 e. The number of rotatable bonds is 7. The maximum atomic E-state index is 6.10. The van der Waals surface area contributed by atoms with Crippen LogP contribution in [0.25, 0.3) is 0 Å². The molecule has 2 nitrogen and oxygen atoms in total. The number of hydrogen-bond acceptors (Lipinski definition) is 2. The van der Waals surface area contributed by atoms with Gasteiger partial charge in [-0.2, -0.15) is 0 Å². The number of hydrogen-bond donors (Lipinski definition) is 2. The lowest BCUT2D eigenvalue weighted by molar-refractivity contribution is 0.205. The molecule has 0 spiro atoms. The molecule has 0 radical (unpaired) electrons. The third-order valence-corrected chi connectivity index (χ3v) is 5.06. The highest BCUT2D eigenvalue weighted by Crippen LogP contribution is 2.34. The van der Waals surface area contributed by atoms with E-state index in [4.69, 9.17) is 11.5 Å². The predicted molar refractivity (Wildman–Crippen MR) is 80.4 cm³/mol. The van der Waals surface area contributed by atoms with E-state index in [0.717, 1.165) is 24.2 Å². The first kappa shape index (κ1) is 16.0. The summed E-state index contributed by atoms with van der Waals surface area (Å²) >= 11 is 0. The maximum Gasteiger partial charge on any atom is 0.00647 e. The maximum absolute atomic E-state index is 6.10. The molecule has 5 atom stereocenters. The highest BCUT2D eigenvalue weighted by Gasteiger charge is 2.26. The Morgan fingerprint density at radius 1 is 1.11 bits per heavy atom. The van der Waals surface area contributed by atoms with Crippen LogP contribution in [-0.4, -0.2) is 12.1 Å². The van der Waals surface area contributed by atoms with Gasteiger partial charge in [0.05, 0.1) is 0 Å². The van der Waals surface area contributed by atoms with Crippen LogP contribution in [0.5, 0.6) is 0 Å². The van der Waals surface area contributed by atoms with E-state index in [-0.39, 0.29) is 0 Å². The van der Waals surface area contributed by atoms with Gasteiger partial charge in [-0.05, 0) is 62.7 Å². The molecular weight excluding hydrogens is 220 g/mol. The van der Waals surface area contributed by atoms with Crippen molar-refractivity contribution in [3.05, 3.63) is 0 Å². The highest BCUT2D eigenvalue weighted by molar-refractivity contribution is 4.81. The Hall–Kier alpha value is -0.0800. The SMILES string of the molecule is CCC(N)CCC(CC)CC1CCC(N)C(C)C1. The molecule has 1 aliphatic carbocycles. The van der Waals surface area contributed by atoms with Gasteiger partial charge in [-0.1, -0.05) is 27.2 Å². The summed E-state index contributed by atoms with van der Waals surface area (Å²) in [6.45, 7) is 6.85. The van der Waals surface area contributed by atoms with Gasteiger partial charge in [0.2, 0.25) is 0 Å². The zero-order valence-electron chi connectivity index (χ0n) is 12.7. The van der Waals surface area contributed by atoms with E-state index >= 15 is 0 Å². The average molecular weight is 254 g/mol. The summed E-state index contributed by atoms with van der Waals surface area (Å²) in [4.78, 5) is 0. The Labute approximate surface area is 114 Å². The third kappa shape index (κ3) is 5.27. The fraction of sp³-hybridized carbons (Fsp3) is 1.00. The molecule has 0 aromatic carbocycles. The molecule has 0 aliphatic heterocycles. The zero-order valence-corrected chi connectivity index (χ0v) is 12.7. The minimum atomic E-state index is 0.415. The lowest BCUT2D eigenvalue weighted by Gasteiger charge is -2.34. The average Bonchev–Trinajstić information content (AvgIpc) is 2.38. The van der Waals surface area contributed by atoms with Crippen LogP contribution in [0.2, 0.25) is 0 Å². The van der Waals surface area contributed by atoms with Crippen molar-refractivity contribution in [1.82, 2.24) is 0 Å². The molecule has 0 heterocycles. The van der Waals surface area contributed by atoms with Gasteiger partial charge in [0.25, 0.3) is 0 Å². The van der Waals surface area contributed by atoms with Crippen molar-refractivity contribution in [3.63, 3.8) is 0 Å². The minimum Gasteiger partial charge on any atom is -0.328 e. The molecule has 0 bridgehead atoms. The monoisotopic (exact) mass is 254 g/mol. The summed E-state index contributed by atoms with van der Waals surface area (Å²) in [6, 6.07) is 0.868. The number of nitrogens with two attached hydrogens (primary N) is 2. The van der Waals surface area contributed by atoms with Crippen LogP contribution in [-0.2, 0) is 0 Å². The van der Waals surface area contributed by atoms with Gasteiger partial charge in [-0.25, -0.2) is 0 Å². The molecule has 5 unspecified atom stereocenters. The zero-order chi connectivity index (χ0) is 13.5. The second-order valence-electron chi connectivity index (χ2n) is 6.58. The van der Waals surface area contributed by atoms with Crippen LogP contribution in [0.1, 0.15) is 72.1 Å². The van der Waals surface area contributed by atoms with E-state index < -0.39 is 0 Å². The second-order valence-corrected chi connectivity index (χ2v) is 6.58. The van der Waals surface area contributed by atoms with Gasteiger partial charge in [-0.15, -0.1) is 0 Å². The van der Waals surface area contributed by atoms with E-state index in [2.05, 4.69) is 20.8 Å². The fourth-order valence-corrected chi connectivity index (χ4v) is 3.36. The van der Waals surface area contributed by atoms with Crippen molar-refractivity contribution in [2.75, 3.05) is 0 Å². The molecule has 2 heteroatoms. The summed E-state index contributed by atoms with van der Waals surface area (Å²) in [5.41, 5.74) is 12.1. The molecule has 0 aromatic rings. The molecule has 18 heavy (non-hydrogen) atoms. The van der Waals surface area contributed by atoms with Gasteiger partial charge in [-0.3, -0.25) is 0 Å². The summed E-state index contributed by atoms with van der Waals surface area (Å²) in [6.07, 6.45) is 10.3. The lowest BCUT2D eigenvalue weighted by atomic mass is 9.74. The first-order chi connectivity index (χ1) is 8.56. The summed E-state index contributed by atoms with van der Waals surface area (Å²) in [5, 5.41) is 0.